The highest BCUT2D eigenvalue weighted by molar-refractivity contribution is 14.0. The van der Waals surface area contributed by atoms with Crippen LogP contribution in [-0.4, -0.2) is 37.5 Å². The summed E-state index contributed by atoms with van der Waals surface area (Å²) >= 11 is 0. The lowest BCUT2D eigenvalue weighted by Crippen LogP contribution is -2.46. The summed E-state index contributed by atoms with van der Waals surface area (Å²) in [6, 6.07) is 14.8. The van der Waals surface area contributed by atoms with Crippen molar-refractivity contribution in [3.05, 3.63) is 60.1 Å². The molecule has 1 fully saturated rings. The molecular formula is C20H28IN3O. The molecule has 0 unspecified atom stereocenters. The molecule has 1 N–H and O–H groups in total. The monoisotopic (exact) mass is 453 g/mol. The number of piperidine rings is 1. The molecule has 4 nitrogen and oxygen atoms in total. The van der Waals surface area contributed by atoms with Gasteiger partial charge in [0, 0.05) is 33.1 Å². The number of benzene rings is 1. The van der Waals surface area contributed by atoms with E-state index in [0.717, 1.165) is 43.7 Å². The van der Waals surface area contributed by atoms with E-state index in [1.165, 1.54) is 24.8 Å². The van der Waals surface area contributed by atoms with Crippen molar-refractivity contribution in [2.75, 3.05) is 26.7 Å². The highest BCUT2D eigenvalue weighted by atomic mass is 127. The third-order valence-corrected chi connectivity index (χ3v) is 4.73. The Balaban J connectivity index is 0.00000225. The van der Waals surface area contributed by atoms with Crippen LogP contribution >= 0.6 is 24.0 Å². The minimum atomic E-state index is 0. The Kier molecular flexibility index (Phi) is 8.31. The number of halogens is 1. The molecule has 0 radical (unpaired) electrons. The average Bonchev–Trinajstić information content (AvgIpc) is 3.14. The Morgan fingerprint density at radius 3 is 2.56 bits per heavy atom. The van der Waals surface area contributed by atoms with Gasteiger partial charge in [0.1, 0.15) is 5.76 Å². The molecule has 0 saturated carbocycles. The number of aliphatic imine (C=N–C) groups is 1. The molecule has 0 spiro atoms. The molecule has 3 rings (SSSR count). The van der Waals surface area contributed by atoms with Crippen molar-refractivity contribution < 1.29 is 4.42 Å². The number of nitrogens with one attached hydrogen (secondary N) is 1. The predicted octanol–water partition coefficient (Wildman–Crippen LogP) is 3.97. The molecule has 1 saturated heterocycles. The Labute approximate surface area is 167 Å². The molecule has 0 bridgehead atoms. The van der Waals surface area contributed by atoms with Crippen molar-refractivity contribution in [2.45, 2.75) is 25.7 Å². The van der Waals surface area contributed by atoms with Crippen molar-refractivity contribution in [1.82, 2.24) is 10.2 Å². The Hall–Kier alpha value is -1.50. The largest absolute Gasteiger partial charge is 0.469 e. The van der Waals surface area contributed by atoms with Crippen LogP contribution in [0.4, 0.5) is 0 Å². The second kappa shape index (κ2) is 10.5. The molecule has 1 aromatic carbocycles. The van der Waals surface area contributed by atoms with Crippen LogP contribution in [0.5, 0.6) is 0 Å². The molecule has 0 aliphatic carbocycles. The van der Waals surface area contributed by atoms with E-state index in [2.05, 4.69) is 45.5 Å². The van der Waals surface area contributed by atoms with E-state index in [1.54, 1.807) is 6.26 Å². The summed E-state index contributed by atoms with van der Waals surface area (Å²) in [5, 5.41) is 3.46. The SMILES string of the molecule is CN=C(NCCc1ccco1)N1CCC(Cc2ccccc2)CC1.I. The molecule has 0 amide bonds. The van der Waals surface area contributed by atoms with Gasteiger partial charge in [-0.3, -0.25) is 4.99 Å². The summed E-state index contributed by atoms with van der Waals surface area (Å²) in [5.74, 6) is 2.81. The van der Waals surface area contributed by atoms with Crippen LogP contribution in [0.2, 0.25) is 0 Å². The number of hydrogen-bond acceptors (Lipinski definition) is 2. The summed E-state index contributed by atoms with van der Waals surface area (Å²) in [5.41, 5.74) is 1.46. The molecule has 1 aliphatic heterocycles. The van der Waals surface area contributed by atoms with Crippen molar-refractivity contribution >= 4 is 29.9 Å². The maximum atomic E-state index is 5.37. The summed E-state index contributed by atoms with van der Waals surface area (Å²) in [6.45, 7) is 3.01. The second-order valence-corrected chi connectivity index (χ2v) is 6.42. The molecule has 1 aromatic heterocycles. The van der Waals surface area contributed by atoms with Gasteiger partial charge in [0.25, 0.3) is 0 Å². The van der Waals surface area contributed by atoms with E-state index >= 15 is 0 Å². The quantitative estimate of drug-likeness (QED) is 0.423. The van der Waals surface area contributed by atoms with Gasteiger partial charge in [-0.1, -0.05) is 30.3 Å². The van der Waals surface area contributed by atoms with Crippen molar-refractivity contribution in [2.24, 2.45) is 10.9 Å². The maximum absolute atomic E-state index is 5.37. The molecule has 5 heteroatoms. The number of guanidine groups is 1. The highest BCUT2D eigenvalue weighted by Gasteiger charge is 2.21. The highest BCUT2D eigenvalue weighted by Crippen LogP contribution is 2.21. The standard InChI is InChI=1S/C20H27N3O.HI/c1-21-20(22-12-9-19-8-5-15-24-19)23-13-10-18(11-14-23)16-17-6-3-2-4-7-17;/h2-8,15,18H,9-14,16H2,1H3,(H,21,22);1H. The number of rotatable bonds is 5. The van der Waals surface area contributed by atoms with Gasteiger partial charge in [-0.15, -0.1) is 24.0 Å². The zero-order valence-electron chi connectivity index (χ0n) is 14.9. The first kappa shape index (κ1) is 19.8. The van der Waals surface area contributed by atoms with Crippen molar-refractivity contribution in [1.29, 1.82) is 0 Å². The van der Waals surface area contributed by atoms with Gasteiger partial charge in [-0.25, -0.2) is 0 Å². The Bertz CT molecular complexity index is 620. The zero-order valence-corrected chi connectivity index (χ0v) is 17.2. The molecule has 25 heavy (non-hydrogen) atoms. The van der Waals surface area contributed by atoms with Crippen LogP contribution < -0.4 is 5.32 Å². The van der Waals surface area contributed by atoms with Crippen molar-refractivity contribution in [3.8, 4) is 0 Å². The van der Waals surface area contributed by atoms with Gasteiger partial charge in [0.2, 0.25) is 0 Å². The van der Waals surface area contributed by atoms with E-state index < -0.39 is 0 Å². The maximum Gasteiger partial charge on any atom is 0.193 e. The molecule has 2 aromatic rings. The van der Waals surface area contributed by atoms with Crippen LogP contribution in [-0.2, 0) is 12.8 Å². The average molecular weight is 453 g/mol. The minimum absolute atomic E-state index is 0. The van der Waals surface area contributed by atoms with E-state index in [-0.39, 0.29) is 24.0 Å². The third-order valence-electron chi connectivity index (χ3n) is 4.73. The van der Waals surface area contributed by atoms with Crippen LogP contribution in [0.1, 0.15) is 24.2 Å². The molecule has 1 aliphatic rings. The zero-order chi connectivity index (χ0) is 16.6. The summed E-state index contributed by atoms with van der Waals surface area (Å²) in [4.78, 5) is 6.82. The Morgan fingerprint density at radius 1 is 1.16 bits per heavy atom. The molecular weight excluding hydrogens is 425 g/mol. The number of hydrogen-bond donors (Lipinski definition) is 1. The lowest BCUT2D eigenvalue weighted by molar-refractivity contribution is 0.259. The van der Waals surface area contributed by atoms with E-state index in [4.69, 9.17) is 4.42 Å². The molecule has 2 heterocycles. The van der Waals surface area contributed by atoms with E-state index in [9.17, 15) is 0 Å². The molecule has 0 atom stereocenters. The number of likely N-dealkylation sites (tertiary alicyclic amines) is 1. The fraction of sp³-hybridized carbons (Fsp3) is 0.450. The lowest BCUT2D eigenvalue weighted by atomic mass is 9.90. The van der Waals surface area contributed by atoms with E-state index in [1.807, 2.05) is 19.2 Å². The fourth-order valence-corrected chi connectivity index (χ4v) is 3.38. The van der Waals surface area contributed by atoms with Crippen LogP contribution in [0.3, 0.4) is 0 Å². The fourth-order valence-electron chi connectivity index (χ4n) is 3.38. The summed E-state index contributed by atoms with van der Waals surface area (Å²) in [6.07, 6.45) is 6.26. The van der Waals surface area contributed by atoms with Crippen molar-refractivity contribution in [3.63, 3.8) is 0 Å². The van der Waals surface area contributed by atoms with Crippen LogP contribution in [0, 0.1) is 5.92 Å². The third kappa shape index (κ3) is 6.06. The van der Waals surface area contributed by atoms with Gasteiger partial charge in [-0.05, 0) is 42.9 Å². The first-order valence-corrected chi connectivity index (χ1v) is 8.87. The summed E-state index contributed by atoms with van der Waals surface area (Å²) < 4.78 is 5.37. The normalized spacial score (nSPS) is 15.7. The van der Waals surface area contributed by atoms with Crippen LogP contribution in [0.15, 0.2) is 58.1 Å². The first-order valence-electron chi connectivity index (χ1n) is 8.87. The number of furan rings is 1. The van der Waals surface area contributed by atoms with Gasteiger partial charge in [-0.2, -0.15) is 0 Å². The predicted molar refractivity (Wildman–Crippen MR) is 114 cm³/mol. The number of nitrogens with zero attached hydrogens (tertiary/aromatic N) is 2. The van der Waals surface area contributed by atoms with Crippen LogP contribution in [0.25, 0.3) is 0 Å². The van der Waals surface area contributed by atoms with Gasteiger partial charge >= 0.3 is 0 Å². The first-order chi connectivity index (χ1) is 11.8. The topological polar surface area (TPSA) is 40.8 Å². The van der Waals surface area contributed by atoms with Gasteiger partial charge in [0.05, 0.1) is 6.26 Å². The van der Waals surface area contributed by atoms with Gasteiger partial charge < -0.3 is 14.6 Å². The molecule has 136 valence electrons. The smallest absolute Gasteiger partial charge is 0.193 e. The van der Waals surface area contributed by atoms with E-state index in [0.29, 0.717) is 0 Å². The summed E-state index contributed by atoms with van der Waals surface area (Å²) in [7, 11) is 1.87. The minimum Gasteiger partial charge on any atom is -0.469 e. The van der Waals surface area contributed by atoms with Gasteiger partial charge in [0.15, 0.2) is 5.96 Å². The lowest BCUT2D eigenvalue weighted by Gasteiger charge is -2.34. The Morgan fingerprint density at radius 2 is 1.92 bits per heavy atom. The second-order valence-electron chi connectivity index (χ2n) is 6.42.